The number of hydrogen-bond acceptors (Lipinski definition) is 6. The van der Waals surface area contributed by atoms with Crippen LogP contribution in [0.2, 0.25) is 0 Å². The van der Waals surface area contributed by atoms with Gasteiger partial charge in [-0.3, -0.25) is 9.59 Å². The molecule has 6 nitrogen and oxygen atoms in total. The zero-order valence-corrected chi connectivity index (χ0v) is 21.7. The minimum Gasteiger partial charge on any atom is -0.393 e. The first-order valence-electron chi connectivity index (χ1n) is 13.3. The van der Waals surface area contributed by atoms with Crippen LogP contribution in [0, 0.1) is 40.4 Å². The number of rotatable bonds is 4. The maximum atomic E-state index is 14.1. The molecule has 3 fully saturated rings. The summed E-state index contributed by atoms with van der Waals surface area (Å²) < 4.78 is 6.22. The maximum absolute atomic E-state index is 14.1. The standard InChI is InChI=1S/C28H44O6/c1-16(2)17(3)23(31)20-7-8-21(18(20)4)25(5)11-10-22(30)26(6)12-9-19(29)15-27(26)13-14-28(33,34-27)24(25)32/h13-14,16-21,23,29,31,33H,7-12,15H2,1-6H3/t17-,18-,19+,20+,21-,23-,25-,26-,27-,28-/m1/s1. The van der Waals surface area contributed by atoms with Crippen LogP contribution in [0.3, 0.4) is 0 Å². The van der Waals surface area contributed by atoms with Crippen molar-refractivity contribution in [3.05, 3.63) is 12.2 Å². The molecule has 192 valence electrons. The van der Waals surface area contributed by atoms with E-state index in [2.05, 4.69) is 27.7 Å². The summed E-state index contributed by atoms with van der Waals surface area (Å²) in [7, 11) is 0. The van der Waals surface area contributed by atoms with E-state index in [1.807, 2.05) is 13.8 Å². The average Bonchev–Trinajstić information content (AvgIpc) is 3.34. The summed E-state index contributed by atoms with van der Waals surface area (Å²) in [6, 6.07) is 0. The summed E-state index contributed by atoms with van der Waals surface area (Å²) in [5, 5.41) is 33.1. The van der Waals surface area contributed by atoms with E-state index in [4.69, 9.17) is 4.74 Å². The molecule has 2 aliphatic carbocycles. The first-order chi connectivity index (χ1) is 15.7. The molecular formula is C28H44O6. The molecule has 0 unspecified atom stereocenters. The van der Waals surface area contributed by atoms with Crippen molar-refractivity contribution in [2.45, 2.75) is 110 Å². The minimum atomic E-state index is -2.11. The van der Waals surface area contributed by atoms with Gasteiger partial charge in [0.25, 0.3) is 0 Å². The van der Waals surface area contributed by atoms with Gasteiger partial charge in [0.2, 0.25) is 11.6 Å². The molecule has 0 aromatic rings. The molecule has 6 heteroatoms. The van der Waals surface area contributed by atoms with Gasteiger partial charge in [-0.2, -0.15) is 0 Å². The van der Waals surface area contributed by atoms with Gasteiger partial charge in [-0.15, -0.1) is 0 Å². The number of carbonyl (C=O) groups is 2. The lowest BCUT2D eigenvalue weighted by Crippen LogP contribution is -2.58. The Morgan fingerprint density at radius 1 is 1.06 bits per heavy atom. The molecule has 1 saturated heterocycles. The quantitative estimate of drug-likeness (QED) is 0.533. The molecule has 0 radical (unpaired) electrons. The second kappa shape index (κ2) is 8.50. The predicted octanol–water partition coefficient (Wildman–Crippen LogP) is 3.80. The first-order valence-corrected chi connectivity index (χ1v) is 13.3. The van der Waals surface area contributed by atoms with Crippen LogP contribution in [0.25, 0.3) is 0 Å². The number of aliphatic hydroxyl groups excluding tert-OH is 2. The van der Waals surface area contributed by atoms with Crippen molar-refractivity contribution in [3.8, 4) is 0 Å². The zero-order valence-electron chi connectivity index (χ0n) is 21.7. The lowest BCUT2D eigenvalue weighted by molar-refractivity contribution is -0.246. The summed E-state index contributed by atoms with van der Waals surface area (Å²) in [5.74, 6) is -1.89. The zero-order chi connectivity index (χ0) is 25.3. The van der Waals surface area contributed by atoms with Crippen molar-refractivity contribution in [3.63, 3.8) is 0 Å². The molecule has 0 aromatic carbocycles. The van der Waals surface area contributed by atoms with Crippen LogP contribution in [0.1, 0.15) is 86.5 Å². The number of ether oxygens (including phenoxy) is 1. The number of hydrogen-bond donors (Lipinski definition) is 3. The van der Waals surface area contributed by atoms with Gasteiger partial charge in [0.05, 0.1) is 17.6 Å². The summed E-state index contributed by atoms with van der Waals surface area (Å²) in [5.41, 5.74) is -3.03. The maximum Gasteiger partial charge on any atom is 0.248 e. The fraction of sp³-hybridized carbons (Fsp3) is 0.857. The molecular weight excluding hydrogens is 432 g/mol. The summed E-state index contributed by atoms with van der Waals surface area (Å²) >= 11 is 0. The van der Waals surface area contributed by atoms with Crippen LogP contribution in [0.15, 0.2) is 12.2 Å². The Kier molecular flexibility index (Phi) is 6.50. The van der Waals surface area contributed by atoms with Crippen molar-refractivity contribution in [1.29, 1.82) is 0 Å². The molecule has 3 N–H and O–H groups in total. The van der Waals surface area contributed by atoms with Crippen LogP contribution in [-0.4, -0.2) is 50.5 Å². The molecule has 10 atom stereocenters. The second-order valence-electron chi connectivity index (χ2n) is 12.7. The van der Waals surface area contributed by atoms with Crippen LogP contribution in [0.4, 0.5) is 0 Å². The van der Waals surface area contributed by atoms with E-state index in [0.717, 1.165) is 12.8 Å². The van der Waals surface area contributed by atoms with Gasteiger partial charge in [-0.1, -0.05) is 34.6 Å². The first kappa shape index (κ1) is 26.0. The highest BCUT2D eigenvalue weighted by Gasteiger charge is 2.66. The van der Waals surface area contributed by atoms with Crippen LogP contribution >= 0.6 is 0 Å². The molecule has 2 aliphatic heterocycles. The molecule has 2 saturated carbocycles. The Morgan fingerprint density at radius 3 is 2.38 bits per heavy atom. The molecule has 4 rings (SSSR count). The third-order valence-corrected chi connectivity index (χ3v) is 10.7. The molecule has 4 aliphatic rings. The number of fused-ring (bicyclic) bond motifs is 1. The third-order valence-electron chi connectivity index (χ3n) is 10.7. The van der Waals surface area contributed by atoms with E-state index in [0.29, 0.717) is 25.2 Å². The van der Waals surface area contributed by atoms with Crippen molar-refractivity contribution >= 4 is 11.6 Å². The fourth-order valence-electron chi connectivity index (χ4n) is 7.73. The van der Waals surface area contributed by atoms with Gasteiger partial charge in [-0.05, 0) is 80.8 Å². The van der Waals surface area contributed by atoms with Gasteiger partial charge < -0.3 is 20.1 Å². The van der Waals surface area contributed by atoms with Gasteiger partial charge >= 0.3 is 0 Å². The van der Waals surface area contributed by atoms with E-state index in [1.165, 1.54) is 6.08 Å². The Hall–Kier alpha value is -1.08. The molecule has 1 spiro atoms. The van der Waals surface area contributed by atoms with E-state index < -0.39 is 40.2 Å². The number of aliphatic hydroxyl groups is 3. The highest BCUT2D eigenvalue weighted by Crippen LogP contribution is 2.58. The van der Waals surface area contributed by atoms with Crippen LogP contribution < -0.4 is 0 Å². The van der Waals surface area contributed by atoms with Gasteiger partial charge in [0.1, 0.15) is 11.4 Å². The average molecular weight is 477 g/mol. The summed E-state index contributed by atoms with van der Waals surface area (Å²) in [4.78, 5) is 27.8. The minimum absolute atomic E-state index is 0.0323. The molecule has 34 heavy (non-hydrogen) atoms. The Labute approximate surface area is 204 Å². The molecule has 2 heterocycles. The van der Waals surface area contributed by atoms with Crippen LogP contribution in [-0.2, 0) is 14.3 Å². The molecule has 2 bridgehead atoms. The normalized spacial score (nSPS) is 48.9. The molecule has 0 aromatic heterocycles. The Balaban J connectivity index is 1.69. The van der Waals surface area contributed by atoms with E-state index in [9.17, 15) is 24.9 Å². The number of carbonyl (C=O) groups excluding carboxylic acids is 2. The smallest absolute Gasteiger partial charge is 0.248 e. The van der Waals surface area contributed by atoms with Crippen LogP contribution in [0.5, 0.6) is 0 Å². The van der Waals surface area contributed by atoms with Gasteiger partial charge in [0, 0.05) is 18.3 Å². The van der Waals surface area contributed by atoms with E-state index >= 15 is 0 Å². The van der Waals surface area contributed by atoms with Crippen molar-refractivity contribution in [2.24, 2.45) is 40.4 Å². The topological polar surface area (TPSA) is 104 Å². The Morgan fingerprint density at radius 2 is 1.74 bits per heavy atom. The van der Waals surface area contributed by atoms with Gasteiger partial charge in [0.15, 0.2) is 0 Å². The van der Waals surface area contributed by atoms with Crippen molar-refractivity contribution in [1.82, 2.24) is 0 Å². The van der Waals surface area contributed by atoms with Crippen molar-refractivity contribution < 1.29 is 29.6 Å². The van der Waals surface area contributed by atoms with E-state index in [1.54, 1.807) is 6.08 Å². The predicted molar refractivity (Wildman–Crippen MR) is 129 cm³/mol. The van der Waals surface area contributed by atoms with Crippen molar-refractivity contribution in [2.75, 3.05) is 0 Å². The lowest BCUT2D eigenvalue weighted by Gasteiger charge is -2.49. The Bertz CT molecular complexity index is 867. The third kappa shape index (κ3) is 3.66. The van der Waals surface area contributed by atoms with E-state index in [-0.39, 0.29) is 42.3 Å². The highest BCUT2D eigenvalue weighted by atomic mass is 16.6. The molecule has 0 amide bonds. The monoisotopic (exact) mass is 476 g/mol. The summed E-state index contributed by atoms with van der Waals surface area (Å²) in [6.45, 7) is 12.2. The fourth-order valence-corrected chi connectivity index (χ4v) is 7.73. The largest absolute Gasteiger partial charge is 0.393 e. The van der Waals surface area contributed by atoms with Gasteiger partial charge in [-0.25, -0.2) is 0 Å². The lowest BCUT2D eigenvalue weighted by atomic mass is 9.59. The summed E-state index contributed by atoms with van der Waals surface area (Å²) in [6.07, 6.45) is 5.34. The number of Topliss-reactive ketones (excluding diaryl/α,β-unsaturated/α-hetero) is 2. The second-order valence-corrected chi connectivity index (χ2v) is 12.7. The number of ketones is 2. The highest BCUT2D eigenvalue weighted by molar-refractivity contribution is 5.96. The SMILES string of the molecule is CC(C)[C@@H](C)[C@@H](O)[C@H]1CC[C@@H]([C@@]2(C)CCC(=O)[C@@]3(C)CC[C@H](O)C[C@]34C=C[C@@](O)(O4)C2=O)[C@@H]1C.